The molecule has 3 N–H and O–H groups in total. The zero-order valence-electron chi connectivity index (χ0n) is 12.7. The van der Waals surface area contributed by atoms with Crippen molar-refractivity contribution >= 4 is 29.6 Å². The van der Waals surface area contributed by atoms with E-state index >= 15 is 0 Å². The molecule has 0 fully saturated rings. The molecule has 0 atom stereocenters. The zero-order chi connectivity index (χ0) is 15.5. The Morgan fingerprint density at radius 2 is 2.18 bits per heavy atom. The third-order valence-electron chi connectivity index (χ3n) is 3.76. The van der Waals surface area contributed by atoms with Gasteiger partial charge in [-0.25, -0.2) is 9.98 Å². The first-order valence-electron chi connectivity index (χ1n) is 7.48. The first-order chi connectivity index (χ1) is 10.7. The number of nitrogens with zero attached hydrogens (tertiary/aromatic N) is 3. The van der Waals surface area contributed by atoms with Gasteiger partial charge in [0.2, 0.25) is 11.8 Å². The third-order valence-corrected chi connectivity index (χ3v) is 3.76. The van der Waals surface area contributed by atoms with Gasteiger partial charge in [0.1, 0.15) is 5.69 Å². The zero-order valence-corrected chi connectivity index (χ0v) is 12.7. The van der Waals surface area contributed by atoms with Gasteiger partial charge in [0.05, 0.1) is 0 Å². The van der Waals surface area contributed by atoms with E-state index in [4.69, 9.17) is 0 Å². The minimum absolute atomic E-state index is 0.0216. The van der Waals surface area contributed by atoms with Crippen molar-refractivity contribution in [3.05, 3.63) is 29.6 Å². The summed E-state index contributed by atoms with van der Waals surface area (Å²) in [7, 11) is 0. The van der Waals surface area contributed by atoms with Gasteiger partial charge in [-0.05, 0) is 31.1 Å². The molecule has 3 rings (SSSR count). The third kappa shape index (κ3) is 2.72. The number of aromatic hydroxyl groups is 1. The molecule has 6 nitrogen and oxygen atoms in total. The Balaban J connectivity index is 1.86. The maximum absolute atomic E-state index is 10.0. The number of pyridine rings is 1. The van der Waals surface area contributed by atoms with Gasteiger partial charge in [0.25, 0.3) is 0 Å². The number of anilines is 1. The minimum atomic E-state index is -0.0216. The van der Waals surface area contributed by atoms with Gasteiger partial charge >= 0.3 is 0 Å². The number of aliphatic imine (C=N–C) groups is 1. The Kier molecular flexibility index (Phi) is 3.91. The lowest BCUT2D eigenvalue weighted by atomic mass is 10.1. The number of fused-ring (bicyclic) bond motifs is 1. The van der Waals surface area contributed by atoms with Gasteiger partial charge in [0.15, 0.2) is 5.82 Å². The van der Waals surface area contributed by atoms with E-state index in [1.165, 1.54) is 0 Å². The summed E-state index contributed by atoms with van der Waals surface area (Å²) in [6, 6.07) is 4.16. The van der Waals surface area contributed by atoms with Gasteiger partial charge in [0, 0.05) is 29.6 Å². The first-order valence-corrected chi connectivity index (χ1v) is 7.48. The Morgan fingerprint density at radius 1 is 1.36 bits per heavy atom. The summed E-state index contributed by atoms with van der Waals surface area (Å²) >= 11 is 0. The number of hydrogen-bond donors (Lipinski definition) is 3. The summed E-state index contributed by atoms with van der Waals surface area (Å²) in [5.74, 6) is 1.26. The standard InChI is InChI=1S/C16H19N5O/c1-3-11(4-2)19-16-20-13(15(22)21-16)8-10-9-18-14-12(10)6-5-7-17-14/h5-9,11,22H,3-4H2,1-2H3,(H2,19,20,21). The molecule has 114 valence electrons. The van der Waals surface area contributed by atoms with Crippen LogP contribution in [0, 0.1) is 0 Å². The van der Waals surface area contributed by atoms with Crippen LogP contribution in [0.2, 0.25) is 0 Å². The van der Waals surface area contributed by atoms with Crippen molar-refractivity contribution in [1.29, 1.82) is 0 Å². The highest BCUT2D eigenvalue weighted by atomic mass is 16.3. The van der Waals surface area contributed by atoms with Crippen molar-refractivity contribution in [2.24, 2.45) is 4.99 Å². The van der Waals surface area contributed by atoms with Gasteiger partial charge in [-0.2, -0.15) is 4.98 Å². The van der Waals surface area contributed by atoms with Crippen molar-refractivity contribution in [3.63, 3.8) is 0 Å². The van der Waals surface area contributed by atoms with Crippen molar-refractivity contribution in [3.8, 4) is 5.88 Å². The van der Waals surface area contributed by atoms with Crippen LogP contribution in [0.15, 0.2) is 23.3 Å². The maximum atomic E-state index is 10.0. The average Bonchev–Trinajstić information content (AvgIpc) is 3.10. The van der Waals surface area contributed by atoms with E-state index in [0.29, 0.717) is 23.5 Å². The number of nitrogens with one attached hydrogen (secondary N) is 2. The number of H-pyrrole nitrogens is 1. The largest absolute Gasteiger partial charge is 0.492 e. The molecule has 0 saturated carbocycles. The predicted octanol–water partition coefficient (Wildman–Crippen LogP) is 3.37. The van der Waals surface area contributed by atoms with E-state index in [1.807, 2.05) is 18.2 Å². The molecule has 0 bridgehead atoms. The highest BCUT2D eigenvalue weighted by molar-refractivity contribution is 6.20. The quantitative estimate of drug-likeness (QED) is 0.789. The fourth-order valence-electron chi connectivity index (χ4n) is 2.43. The van der Waals surface area contributed by atoms with E-state index in [0.717, 1.165) is 24.0 Å². The van der Waals surface area contributed by atoms with Gasteiger partial charge in [-0.3, -0.25) is 0 Å². The Morgan fingerprint density at radius 3 is 2.95 bits per heavy atom. The fraction of sp³-hybridized carbons (Fsp3) is 0.312. The Hall–Kier alpha value is -2.63. The summed E-state index contributed by atoms with van der Waals surface area (Å²) in [6.07, 6.45) is 7.29. The molecule has 0 saturated heterocycles. The number of hydrogen-bond acceptors (Lipinski definition) is 5. The molecule has 0 amide bonds. The van der Waals surface area contributed by atoms with Gasteiger partial charge in [-0.15, -0.1) is 0 Å². The molecule has 6 heteroatoms. The second-order valence-corrected chi connectivity index (χ2v) is 5.21. The van der Waals surface area contributed by atoms with Crippen LogP contribution in [0.25, 0.3) is 11.6 Å². The highest BCUT2D eigenvalue weighted by Gasteiger charge is 2.15. The van der Waals surface area contributed by atoms with Crippen LogP contribution in [0.1, 0.15) is 37.9 Å². The van der Waals surface area contributed by atoms with E-state index in [1.54, 1.807) is 12.4 Å². The topological polar surface area (TPSA) is 86.2 Å². The number of rotatable bonds is 5. The first kappa shape index (κ1) is 14.3. The molecule has 1 aliphatic rings. The van der Waals surface area contributed by atoms with Crippen LogP contribution < -0.4 is 5.32 Å². The van der Waals surface area contributed by atoms with E-state index in [-0.39, 0.29) is 5.88 Å². The van der Waals surface area contributed by atoms with Crippen LogP contribution in [0.4, 0.5) is 11.8 Å². The molecule has 0 aromatic carbocycles. The maximum Gasteiger partial charge on any atom is 0.238 e. The lowest BCUT2D eigenvalue weighted by Crippen LogP contribution is -2.17. The molecule has 1 aliphatic heterocycles. The lowest BCUT2D eigenvalue weighted by Gasteiger charge is -2.12. The van der Waals surface area contributed by atoms with Crippen LogP contribution >= 0.6 is 0 Å². The minimum Gasteiger partial charge on any atom is -0.492 e. The van der Waals surface area contributed by atoms with Crippen molar-refractivity contribution in [1.82, 2.24) is 15.0 Å². The predicted molar refractivity (Wildman–Crippen MR) is 88.5 cm³/mol. The molecular weight excluding hydrogens is 278 g/mol. The molecule has 0 radical (unpaired) electrons. The van der Waals surface area contributed by atoms with Crippen molar-refractivity contribution < 1.29 is 5.11 Å². The lowest BCUT2D eigenvalue weighted by molar-refractivity contribution is 0.455. The fourth-order valence-corrected chi connectivity index (χ4v) is 2.43. The molecule has 0 aliphatic carbocycles. The average molecular weight is 297 g/mol. The highest BCUT2D eigenvalue weighted by Crippen LogP contribution is 2.31. The normalized spacial score (nSPS) is 14.8. The SMILES string of the molecule is CCC(CC)Nc1nc(O)c(C=C2C=Nc3ncccc32)[nH]1. The molecule has 0 unspecified atom stereocenters. The summed E-state index contributed by atoms with van der Waals surface area (Å²) in [4.78, 5) is 15.7. The monoisotopic (exact) mass is 297 g/mol. The van der Waals surface area contributed by atoms with Gasteiger partial charge < -0.3 is 15.4 Å². The van der Waals surface area contributed by atoms with Crippen LogP contribution in [0.3, 0.4) is 0 Å². The van der Waals surface area contributed by atoms with Crippen LogP contribution in [-0.4, -0.2) is 32.3 Å². The molecule has 2 aromatic rings. The number of imidazole rings is 1. The second-order valence-electron chi connectivity index (χ2n) is 5.21. The van der Waals surface area contributed by atoms with Crippen LogP contribution in [-0.2, 0) is 0 Å². The summed E-state index contributed by atoms with van der Waals surface area (Å²) in [5.41, 5.74) is 2.41. The molecule has 22 heavy (non-hydrogen) atoms. The summed E-state index contributed by atoms with van der Waals surface area (Å²) in [5, 5.41) is 13.3. The van der Waals surface area contributed by atoms with Crippen molar-refractivity contribution in [2.75, 3.05) is 5.32 Å². The van der Waals surface area contributed by atoms with E-state index < -0.39 is 0 Å². The molecule has 3 heterocycles. The Labute approximate surface area is 129 Å². The smallest absolute Gasteiger partial charge is 0.238 e. The van der Waals surface area contributed by atoms with Crippen LogP contribution in [0.5, 0.6) is 5.88 Å². The Bertz CT molecular complexity index is 728. The van der Waals surface area contributed by atoms with Gasteiger partial charge in [-0.1, -0.05) is 13.8 Å². The molecule has 0 spiro atoms. The number of allylic oxidation sites excluding steroid dienone is 1. The molecule has 2 aromatic heterocycles. The summed E-state index contributed by atoms with van der Waals surface area (Å²) in [6.45, 7) is 4.23. The second kappa shape index (κ2) is 6.01. The summed E-state index contributed by atoms with van der Waals surface area (Å²) < 4.78 is 0. The molecular formula is C16H19N5O. The number of aromatic nitrogens is 3. The van der Waals surface area contributed by atoms with Crippen molar-refractivity contribution in [2.45, 2.75) is 32.7 Å². The van der Waals surface area contributed by atoms with E-state index in [9.17, 15) is 5.11 Å². The number of aromatic amines is 1. The van der Waals surface area contributed by atoms with E-state index in [2.05, 4.69) is 39.1 Å².